The highest BCUT2D eigenvalue weighted by atomic mass is 28.4. The molecule has 4 N–H and O–H groups in total. The van der Waals surface area contributed by atoms with E-state index in [9.17, 15) is 30.8 Å². The molecule has 0 bridgehead atoms. The first-order chi connectivity index (χ1) is 35.1. The van der Waals surface area contributed by atoms with Crippen LogP contribution < -0.4 is 0 Å². The maximum atomic E-state index is 13.5. The van der Waals surface area contributed by atoms with Gasteiger partial charge < -0.3 is 62.9 Å². The van der Waals surface area contributed by atoms with Crippen LogP contribution in [0.3, 0.4) is 0 Å². The van der Waals surface area contributed by atoms with Crippen LogP contribution >= 0.6 is 0 Å². The lowest BCUT2D eigenvalue weighted by Gasteiger charge is -2.49. The summed E-state index contributed by atoms with van der Waals surface area (Å²) in [6.45, 7) is 13.6. The zero-order valence-corrected chi connectivity index (χ0v) is 44.1. The number of unbranched alkanes of at least 4 members (excludes halogenated alkanes) is 2. The van der Waals surface area contributed by atoms with Gasteiger partial charge in [-0.15, -0.1) is 0 Å². The van der Waals surface area contributed by atoms with E-state index in [2.05, 4.69) is 50.8 Å². The van der Waals surface area contributed by atoms with Gasteiger partial charge in [0, 0.05) is 24.6 Å². The van der Waals surface area contributed by atoms with E-state index < -0.39 is 82.4 Å². The number of benzene rings is 4. The number of ether oxygens (including phenoxy) is 7. The van der Waals surface area contributed by atoms with Crippen molar-refractivity contribution in [1.82, 2.24) is 4.90 Å². The van der Waals surface area contributed by atoms with Crippen LogP contribution in [-0.4, -0.2) is 127 Å². The third-order valence-electron chi connectivity index (χ3n) is 14.5. The summed E-state index contributed by atoms with van der Waals surface area (Å²) in [4.78, 5) is 18.2. The Labute approximate surface area is 431 Å². The summed E-state index contributed by atoms with van der Waals surface area (Å²) < 4.78 is 51.6. The smallest absolute Gasteiger partial charge is 0.410 e. The molecule has 2 heterocycles. The van der Waals surface area contributed by atoms with Crippen LogP contribution in [0.15, 0.2) is 120 Å². The Morgan fingerprint density at radius 1 is 0.712 bits per heavy atom. The lowest BCUT2D eigenvalue weighted by atomic mass is 9.95. The summed E-state index contributed by atoms with van der Waals surface area (Å²) >= 11 is 0. The van der Waals surface area contributed by atoms with Crippen LogP contribution in [0.2, 0.25) is 18.1 Å². The molecule has 398 valence electrons. The standard InChI is InChI=1S/C55H76N4O13Si/c1-38(2)55(3,4)73(5,6)69-37-45-49(72-52-46(57-58-56)50(47(62)44(33-61)70-52)66-34-41-21-13-8-14-22-41)51(67-35-42-23-15-9-16-24-42)48(63)53(71-45)65-30-18-10-17-29-59(31-39-19-11-7-12-20-39)54(64)68-36-43-27-25-40(32-60)26-28-43/h7-9,11-16,19-28,38,44-53,60-63H,10,17-18,29-37H2,1-6H3/t44-,45+,46-,47-,48-,49-,50-,51-,52-,53-/m1/s1. The monoisotopic (exact) mass is 1030 g/mol. The van der Waals surface area contributed by atoms with Crippen LogP contribution in [0, 0.1) is 5.92 Å². The van der Waals surface area contributed by atoms with Crippen LogP contribution in [-0.2, 0) is 70.6 Å². The zero-order valence-electron chi connectivity index (χ0n) is 43.1. The SMILES string of the molecule is CC(C)C(C)(C)[Si](C)(C)OC[C@@H]1O[C@@H](OCCCCCN(Cc2ccccc2)C(=O)OCc2ccc(CO)cc2)[C@H](O)[C@@H](OCc2ccccc2)[C@@H]1O[C@H]1O[C@H](CO)[C@@H](O)[C@H](OCc2ccccc2)[C@H]1N=[N+]=[N-]. The molecule has 10 atom stereocenters. The Morgan fingerprint density at radius 3 is 1.85 bits per heavy atom. The Morgan fingerprint density at radius 2 is 1.27 bits per heavy atom. The van der Waals surface area contributed by atoms with Crippen molar-refractivity contribution in [3.8, 4) is 0 Å². The van der Waals surface area contributed by atoms with Crippen molar-refractivity contribution < 1.29 is 62.8 Å². The Kier molecular flexibility index (Phi) is 22.2. The Bertz CT molecular complexity index is 2280. The van der Waals surface area contributed by atoms with Gasteiger partial charge in [0.05, 0.1) is 39.1 Å². The number of aliphatic hydroxyl groups excluding tert-OH is 4. The van der Waals surface area contributed by atoms with Gasteiger partial charge in [-0.25, -0.2) is 4.79 Å². The van der Waals surface area contributed by atoms with E-state index in [0.29, 0.717) is 32.4 Å². The van der Waals surface area contributed by atoms with E-state index in [1.165, 1.54) is 0 Å². The van der Waals surface area contributed by atoms with Crippen molar-refractivity contribution in [2.45, 2.75) is 159 Å². The molecule has 17 nitrogen and oxygen atoms in total. The largest absolute Gasteiger partial charge is 0.445 e. The number of hydrogen-bond acceptors (Lipinski definition) is 14. The van der Waals surface area contributed by atoms with Gasteiger partial charge in [0.15, 0.2) is 20.9 Å². The molecule has 2 aliphatic rings. The van der Waals surface area contributed by atoms with Gasteiger partial charge in [-0.1, -0.05) is 148 Å². The van der Waals surface area contributed by atoms with Crippen molar-refractivity contribution in [3.63, 3.8) is 0 Å². The number of rotatable bonds is 27. The van der Waals surface area contributed by atoms with Crippen molar-refractivity contribution >= 4 is 14.4 Å². The number of carbonyl (C=O) groups excluding carboxylic acids is 1. The topological polar surface area (TPSA) is 224 Å². The van der Waals surface area contributed by atoms with Gasteiger partial charge in [-0.3, -0.25) is 0 Å². The molecule has 18 heteroatoms. The molecule has 2 saturated heterocycles. The molecular formula is C55H76N4O13Si. The normalized spacial score (nSPS) is 24.5. The van der Waals surface area contributed by atoms with Gasteiger partial charge in [-0.2, -0.15) is 0 Å². The highest BCUT2D eigenvalue weighted by Crippen LogP contribution is 2.45. The van der Waals surface area contributed by atoms with Crippen molar-refractivity contribution in [1.29, 1.82) is 0 Å². The average Bonchev–Trinajstić information content (AvgIpc) is 3.40. The van der Waals surface area contributed by atoms with Crippen LogP contribution in [0.4, 0.5) is 4.79 Å². The fourth-order valence-corrected chi connectivity index (χ4v) is 11.1. The van der Waals surface area contributed by atoms with E-state index >= 15 is 0 Å². The molecule has 0 unspecified atom stereocenters. The Hall–Kier alpha value is -4.76. The maximum absolute atomic E-state index is 13.5. The molecule has 4 aromatic carbocycles. The molecule has 2 fully saturated rings. The predicted molar refractivity (Wildman–Crippen MR) is 276 cm³/mol. The third-order valence-corrected chi connectivity index (χ3v) is 19.1. The second-order valence-corrected chi connectivity index (χ2v) is 24.7. The minimum Gasteiger partial charge on any atom is -0.445 e. The van der Waals surface area contributed by atoms with Crippen molar-refractivity contribution in [2.24, 2.45) is 11.0 Å². The molecule has 0 radical (unpaired) electrons. The molecule has 4 aromatic rings. The van der Waals surface area contributed by atoms with E-state index in [1.54, 1.807) is 17.0 Å². The van der Waals surface area contributed by atoms with Gasteiger partial charge in [0.2, 0.25) is 0 Å². The predicted octanol–water partition coefficient (Wildman–Crippen LogP) is 8.56. The van der Waals surface area contributed by atoms with E-state index in [-0.39, 0.29) is 50.6 Å². The van der Waals surface area contributed by atoms with Crippen LogP contribution in [0.25, 0.3) is 10.4 Å². The number of nitrogens with zero attached hydrogens (tertiary/aromatic N) is 4. The molecule has 0 saturated carbocycles. The minimum atomic E-state index is -2.52. The fraction of sp³-hybridized carbons (Fsp3) is 0.545. The number of azide groups is 1. The molecule has 73 heavy (non-hydrogen) atoms. The summed E-state index contributed by atoms with van der Waals surface area (Å²) in [7, 11) is -2.52. The second kappa shape index (κ2) is 28.2. The Balaban J connectivity index is 1.20. The first-order valence-corrected chi connectivity index (χ1v) is 28.2. The quantitative estimate of drug-likeness (QED) is 0.0145. The summed E-state index contributed by atoms with van der Waals surface area (Å²) in [5.74, 6) is 0.287. The fourth-order valence-electron chi connectivity index (χ4n) is 8.72. The minimum absolute atomic E-state index is 0.0119. The van der Waals surface area contributed by atoms with Crippen LogP contribution in [0.1, 0.15) is 74.8 Å². The molecule has 0 aromatic heterocycles. The highest BCUT2D eigenvalue weighted by Gasteiger charge is 2.53. The first-order valence-electron chi connectivity index (χ1n) is 25.3. The highest BCUT2D eigenvalue weighted by molar-refractivity contribution is 6.74. The summed E-state index contributed by atoms with van der Waals surface area (Å²) in [6.07, 6.45) is -9.53. The van der Waals surface area contributed by atoms with E-state index in [0.717, 1.165) is 27.8 Å². The molecule has 1 amide bonds. The molecular weight excluding hydrogens is 953 g/mol. The van der Waals surface area contributed by atoms with E-state index in [4.69, 9.17) is 37.6 Å². The van der Waals surface area contributed by atoms with Gasteiger partial charge >= 0.3 is 6.09 Å². The molecule has 0 spiro atoms. The molecule has 6 rings (SSSR count). The van der Waals surface area contributed by atoms with Crippen molar-refractivity contribution in [3.05, 3.63) is 154 Å². The van der Waals surface area contributed by atoms with Gasteiger partial charge in [0.25, 0.3) is 0 Å². The zero-order chi connectivity index (χ0) is 52.4. The molecule has 0 aliphatic carbocycles. The summed E-state index contributed by atoms with van der Waals surface area (Å²) in [5, 5.41) is 47.4. The van der Waals surface area contributed by atoms with Crippen molar-refractivity contribution in [2.75, 3.05) is 26.4 Å². The number of hydrogen-bond donors (Lipinski definition) is 4. The van der Waals surface area contributed by atoms with Gasteiger partial charge in [-0.05, 0) is 76.7 Å². The second-order valence-electron chi connectivity index (χ2n) is 20.1. The van der Waals surface area contributed by atoms with E-state index in [1.807, 2.05) is 103 Å². The maximum Gasteiger partial charge on any atom is 0.410 e. The molecule has 2 aliphatic heterocycles. The number of carbonyl (C=O) groups is 1. The number of aliphatic hydroxyl groups is 4. The summed E-state index contributed by atoms with van der Waals surface area (Å²) in [6, 6.07) is 34.5. The lowest BCUT2D eigenvalue weighted by molar-refractivity contribution is -0.352. The third kappa shape index (κ3) is 16.1. The lowest BCUT2D eigenvalue weighted by Crippen LogP contribution is -2.65. The first kappa shape index (κ1) is 57.5. The van der Waals surface area contributed by atoms with Gasteiger partial charge in [0.1, 0.15) is 49.3 Å². The average molecular weight is 1030 g/mol. The summed E-state index contributed by atoms with van der Waals surface area (Å²) in [5.41, 5.74) is 14.1. The van der Waals surface area contributed by atoms with Crippen LogP contribution in [0.5, 0.6) is 0 Å². The number of amides is 1.